The third-order valence-electron chi connectivity index (χ3n) is 5.31. The number of ether oxygens (including phenoxy) is 2. The van der Waals surface area contributed by atoms with Crippen molar-refractivity contribution in [3.63, 3.8) is 0 Å². The highest BCUT2D eigenvalue weighted by Crippen LogP contribution is 2.39. The molecule has 2 fully saturated rings. The summed E-state index contributed by atoms with van der Waals surface area (Å²) in [5.41, 5.74) is -1.44. The number of hydrogen-bond donors (Lipinski definition) is 2. The van der Waals surface area contributed by atoms with Gasteiger partial charge in [0.1, 0.15) is 6.10 Å². The zero-order valence-electron chi connectivity index (χ0n) is 14.5. The van der Waals surface area contributed by atoms with Gasteiger partial charge in [0.25, 0.3) is 5.91 Å². The summed E-state index contributed by atoms with van der Waals surface area (Å²) >= 11 is 0. The van der Waals surface area contributed by atoms with E-state index in [1.807, 2.05) is 0 Å². The number of benzene rings is 1. The zero-order valence-corrected chi connectivity index (χ0v) is 14.5. The Hall–Kier alpha value is -1.70. The molecule has 138 valence electrons. The lowest BCUT2D eigenvalue weighted by Crippen LogP contribution is -2.59. The van der Waals surface area contributed by atoms with Crippen LogP contribution in [0.1, 0.15) is 36.5 Å². The van der Waals surface area contributed by atoms with Crippen molar-refractivity contribution in [1.82, 2.24) is 4.90 Å². The van der Waals surface area contributed by atoms with Crippen molar-refractivity contribution in [1.29, 1.82) is 0 Å². The molecule has 0 aromatic heterocycles. The number of rotatable bonds is 2. The predicted octanol–water partition coefficient (Wildman–Crippen LogP) is 1.34. The Bertz CT molecular complexity index is 655. The molecule has 1 amide bonds. The SMILES string of the molecule is COc1ccc(C(=O)N2CCC3(CC2)C[C@](C)(O)[C@@H](O)CO3)cc1F. The van der Waals surface area contributed by atoms with Crippen LogP contribution in [0.2, 0.25) is 0 Å². The minimum Gasteiger partial charge on any atom is -0.494 e. The van der Waals surface area contributed by atoms with E-state index in [1.165, 1.54) is 19.2 Å². The van der Waals surface area contributed by atoms with Crippen molar-refractivity contribution in [2.75, 3.05) is 26.8 Å². The van der Waals surface area contributed by atoms with E-state index in [1.54, 1.807) is 17.9 Å². The van der Waals surface area contributed by atoms with Gasteiger partial charge in [-0.3, -0.25) is 4.79 Å². The Labute approximate surface area is 146 Å². The first-order valence-electron chi connectivity index (χ1n) is 8.44. The molecule has 2 heterocycles. The average Bonchev–Trinajstić information content (AvgIpc) is 2.58. The second-order valence-electron chi connectivity index (χ2n) is 7.19. The summed E-state index contributed by atoms with van der Waals surface area (Å²) in [5.74, 6) is -0.702. The Kier molecular flexibility index (Phi) is 4.74. The second kappa shape index (κ2) is 6.55. The Morgan fingerprint density at radius 2 is 2.08 bits per heavy atom. The van der Waals surface area contributed by atoms with E-state index in [0.29, 0.717) is 32.4 Å². The average molecular weight is 353 g/mol. The molecule has 25 heavy (non-hydrogen) atoms. The molecule has 6 nitrogen and oxygen atoms in total. The van der Waals surface area contributed by atoms with Gasteiger partial charge in [-0.1, -0.05) is 0 Å². The summed E-state index contributed by atoms with van der Waals surface area (Å²) in [4.78, 5) is 14.3. The molecule has 3 rings (SSSR count). The fourth-order valence-corrected chi connectivity index (χ4v) is 3.68. The lowest BCUT2D eigenvalue weighted by molar-refractivity contribution is -0.221. The van der Waals surface area contributed by atoms with E-state index >= 15 is 0 Å². The lowest BCUT2D eigenvalue weighted by atomic mass is 9.76. The van der Waals surface area contributed by atoms with Crippen molar-refractivity contribution in [3.05, 3.63) is 29.6 Å². The lowest BCUT2D eigenvalue weighted by Gasteiger charge is -2.49. The number of hydrogen-bond acceptors (Lipinski definition) is 5. The van der Waals surface area contributed by atoms with Crippen LogP contribution in [0.4, 0.5) is 4.39 Å². The quantitative estimate of drug-likeness (QED) is 0.839. The minimum atomic E-state index is -1.19. The first kappa shape index (κ1) is 18.1. The van der Waals surface area contributed by atoms with E-state index in [0.717, 1.165) is 0 Å². The number of carbonyl (C=O) groups is 1. The van der Waals surface area contributed by atoms with Gasteiger partial charge in [-0.15, -0.1) is 0 Å². The van der Waals surface area contributed by atoms with Crippen LogP contribution < -0.4 is 4.74 Å². The topological polar surface area (TPSA) is 79.2 Å². The molecule has 1 aromatic rings. The molecule has 2 atom stereocenters. The van der Waals surface area contributed by atoms with E-state index in [9.17, 15) is 19.4 Å². The van der Waals surface area contributed by atoms with E-state index in [4.69, 9.17) is 9.47 Å². The third kappa shape index (κ3) is 3.49. The number of aliphatic hydroxyl groups excluding tert-OH is 1. The summed E-state index contributed by atoms with van der Waals surface area (Å²) in [6.07, 6.45) is 0.570. The van der Waals surface area contributed by atoms with Gasteiger partial charge in [-0.25, -0.2) is 4.39 Å². The van der Waals surface area contributed by atoms with Gasteiger partial charge in [0.2, 0.25) is 0 Å². The van der Waals surface area contributed by atoms with Crippen LogP contribution in [0.25, 0.3) is 0 Å². The molecule has 7 heteroatoms. The first-order chi connectivity index (χ1) is 11.8. The number of aliphatic hydroxyl groups is 2. The molecule has 0 aliphatic carbocycles. The molecule has 0 unspecified atom stereocenters. The normalized spacial score (nSPS) is 28.8. The molecule has 2 N–H and O–H groups in total. The monoisotopic (exact) mass is 353 g/mol. The number of piperidine rings is 1. The number of nitrogens with zero attached hydrogens (tertiary/aromatic N) is 1. The van der Waals surface area contributed by atoms with Gasteiger partial charge < -0.3 is 24.6 Å². The Morgan fingerprint density at radius 3 is 2.64 bits per heavy atom. The van der Waals surface area contributed by atoms with Crippen molar-refractivity contribution >= 4 is 5.91 Å². The minimum absolute atomic E-state index is 0.0879. The van der Waals surface area contributed by atoms with Crippen LogP contribution in [0.3, 0.4) is 0 Å². The number of carbonyl (C=O) groups excluding carboxylic acids is 1. The molecule has 0 saturated carbocycles. The smallest absolute Gasteiger partial charge is 0.253 e. The van der Waals surface area contributed by atoms with Gasteiger partial charge in [0, 0.05) is 25.1 Å². The van der Waals surface area contributed by atoms with Crippen LogP contribution >= 0.6 is 0 Å². The number of likely N-dealkylation sites (tertiary alicyclic amines) is 1. The Balaban J connectivity index is 1.66. The van der Waals surface area contributed by atoms with Crippen molar-refractivity contribution in [3.8, 4) is 5.75 Å². The van der Waals surface area contributed by atoms with Crippen LogP contribution in [-0.4, -0.2) is 65.1 Å². The molecular formula is C18H24FNO5. The zero-order chi connectivity index (χ0) is 18.2. The Morgan fingerprint density at radius 1 is 1.40 bits per heavy atom. The number of methoxy groups -OCH3 is 1. The molecule has 0 bridgehead atoms. The molecule has 2 saturated heterocycles. The van der Waals surface area contributed by atoms with E-state index in [-0.39, 0.29) is 23.8 Å². The van der Waals surface area contributed by atoms with Crippen molar-refractivity contribution < 1.29 is 28.9 Å². The van der Waals surface area contributed by atoms with Gasteiger partial charge in [0.15, 0.2) is 11.6 Å². The predicted molar refractivity (Wildman–Crippen MR) is 88.0 cm³/mol. The fourth-order valence-electron chi connectivity index (χ4n) is 3.68. The van der Waals surface area contributed by atoms with E-state index in [2.05, 4.69) is 0 Å². The van der Waals surface area contributed by atoms with Crippen LogP contribution in [0.5, 0.6) is 5.75 Å². The highest BCUT2D eigenvalue weighted by atomic mass is 19.1. The molecule has 1 aromatic carbocycles. The van der Waals surface area contributed by atoms with Crippen molar-refractivity contribution in [2.45, 2.75) is 43.5 Å². The van der Waals surface area contributed by atoms with Gasteiger partial charge >= 0.3 is 0 Å². The molecule has 2 aliphatic heterocycles. The van der Waals surface area contributed by atoms with E-state index < -0.39 is 23.1 Å². The summed E-state index contributed by atoms with van der Waals surface area (Å²) in [7, 11) is 1.38. The summed E-state index contributed by atoms with van der Waals surface area (Å²) in [6.45, 7) is 2.61. The van der Waals surface area contributed by atoms with Crippen LogP contribution in [-0.2, 0) is 4.74 Å². The summed E-state index contributed by atoms with van der Waals surface area (Å²) < 4.78 is 24.5. The number of amides is 1. The fraction of sp³-hybridized carbons (Fsp3) is 0.611. The van der Waals surface area contributed by atoms with Gasteiger partial charge in [0.05, 0.1) is 24.9 Å². The standard InChI is InChI=1S/C18H24FNO5/c1-17(23)11-18(25-10-15(17)21)5-7-20(8-6-18)16(22)12-3-4-14(24-2)13(19)9-12/h3-4,9,15,21,23H,5-8,10-11H2,1-2H3/t15-,17-/m0/s1. The molecule has 0 radical (unpaired) electrons. The first-order valence-corrected chi connectivity index (χ1v) is 8.44. The summed E-state index contributed by atoms with van der Waals surface area (Å²) in [5, 5.41) is 20.2. The van der Waals surface area contributed by atoms with Gasteiger partial charge in [-0.2, -0.15) is 0 Å². The maximum absolute atomic E-state index is 13.8. The molecular weight excluding hydrogens is 329 g/mol. The molecule has 1 spiro atoms. The second-order valence-corrected chi connectivity index (χ2v) is 7.19. The summed E-state index contributed by atoms with van der Waals surface area (Å²) in [6, 6.07) is 4.17. The van der Waals surface area contributed by atoms with Crippen LogP contribution in [0.15, 0.2) is 18.2 Å². The maximum atomic E-state index is 13.8. The highest BCUT2D eigenvalue weighted by molar-refractivity contribution is 5.94. The number of halogens is 1. The highest BCUT2D eigenvalue weighted by Gasteiger charge is 2.49. The van der Waals surface area contributed by atoms with Crippen LogP contribution in [0, 0.1) is 5.82 Å². The largest absolute Gasteiger partial charge is 0.494 e. The maximum Gasteiger partial charge on any atom is 0.253 e. The third-order valence-corrected chi connectivity index (χ3v) is 5.31. The van der Waals surface area contributed by atoms with Gasteiger partial charge in [-0.05, 0) is 38.0 Å². The molecule has 2 aliphatic rings. The van der Waals surface area contributed by atoms with Crippen molar-refractivity contribution in [2.24, 2.45) is 0 Å².